The highest BCUT2D eigenvalue weighted by atomic mass is 32.2. The lowest BCUT2D eigenvalue weighted by atomic mass is 10.2. The van der Waals surface area contributed by atoms with E-state index < -0.39 is 0 Å². The van der Waals surface area contributed by atoms with Crippen LogP contribution in [0, 0.1) is 0 Å². The van der Waals surface area contributed by atoms with E-state index in [-0.39, 0.29) is 5.56 Å². The van der Waals surface area contributed by atoms with Crippen LogP contribution in [-0.4, -0.2) is 22.4 Å². The number of hydrogen-bond donors (Lipinski definition) is 0. The SMILES string of the molecule is CCOc1ccccc1-n1c(SC)nc2ccccc2c1=O. The van der Waals surface area contributed by atoms with Crippen molar-refractivity contribution in [2.24, 2.45) is 0 Å². The van der Waals surface area contributed by atoms with Crippen LogP contribution in [0.15, 0.2) is 58.5 Å². The number of rotatable bonds is 4. The predicted octanol–water partition coefficient (Wildman–Crippen LogP) is 3.51. The van der Waals surface area contributed by atoms with Gasteiger partial charge in [0, 0.05) is 0 Å². The normalized spacial score (nSPS) is 10.8. The lowest BCUT2D eigenvalue weighted by Crippen LogP contribution is -2.22. The van der Waals surface area contributed by atoms with Gasteiger partial charge in [-0.25, -0.2) is 4.98 Å². The molecule has 0 saturated heterocycles. The van der Waals surface area contributed by atoms with Crippen LogP contribution in [0.25, 0.3) is 16.6 Å². The van der Waals surface area contributed by atoms with Crippen molar-refractivity contribution in [3.05, 3.63) is 58.9 Å². The maximum Gasteiger partial charge on any atom is 0.266 e. The van der Waals surface area contributed by atoms with Gasteiger partial charge < -0.3 is 4.74 Å². The standard InChI is InChI=1S/C17H16N2O2S/c1-3-21-15-11-7-6-10-14(15)19-16(20)12-8-4-5-9-13(12)18-17(19)22-2/h4-11H,3H2,1-2H3. The number of hydrogen-bond acceptors (Lipinski definition) is 4. The maximum absolute atomic E-state index is 12.9. The number of thioether (sulfide) groups is 1. The Morgan fingerprint density at radius 2 is 1.86 bits per heavy atom. The summed E-state index contributed by atoms with van der Waals surface area (Å²) >= 11 is 1.44. The van der Waals surface area contributed by atoms with Gasteiger partial charge in [0.2, 0.25) is 0 Å². The van der Waals surface area contributed by atoms with Crippen molar-refractivity contribution in [1.82, 2.24) is 9.55 Å². The molecule has 1 heterocycles. The lowest BCUT2D eigenvalue weighted by molar-refractivity contribution is 0.338. The molecule has 0 bridgehead atoms. The predicted molar refractivity (Wildman–Crippen MR) is 90.3 cm³/mol. The molecule has 0 aliphatic rings. The quantitative estimate of drug-likeness (QED) is 0.546. The molecule has 0 aliphatic heterocycles. The highest BCUT2D eigenvalue weighted by molar-refractivity contribution is 7.98. The van der Waals surface area contributed by atoms with E-state index in [4.69, 9.17) is 4.74 Å². The summed E-state index contributed by atoms with van der Waals surface area (Å²) in [6.07, 6.45) is 1.91. The minimum absolute atomic E-state index is 0.0814. The van der Waals surface area contributed by atoms with Crippen LogP contribution in [0.4, 0.5) is 0 Å². The fraction of sp³-hybridized carbons (Fsp3) is 0.176. The molecule has 2 aromatic carbocycles. The van der Waals surface area contributed by atoms with Crippen molar-refractivity contribution < 1.29 is 4.74 Å². The van der Waals surface area contributed by atoms with E-state index in [1.54, 1.807) is 10.6 Å². The molecule has 0 unspecified atom stereocenters. The Balaban J connectivity index is 2.35. The van der Waals surface area contributed by atoms with Crippen molar-refractivity contribution in [3.63, 3.8) is 0 Å². The molecule has 3 aromatic rings. The Morgan fingerprint density at radius 1 is 1.14 bits per heavy atom. The van der Waals surface area contributed by atoms with Gasteiger partial charge in [0.1, 0.15) is 5.75 Å². The Morgan fingerprint density at radius 3 is 2.64 bits per heavy atom. The molecule has 5 heteroatoms. The molecule has 0 N–H and O–H groups in total. The fourth-order valence-corrected chi connectivity index (χ4v) is 2.93. The molecule has 0 atom stereocenters. The molecule has 0 fully saturated rings. The second kappa shape index (κ2) is 6.23. The summed E-state index contributed by atoms with van der Waals surface area (Å²) in [5, 5.41) is 1.25. The van der Waals surface area contributed by atoms with E-state index in [0.29, 0.717) is 28.4 Å². The van der Waals surface area contributed by atoms with Crippen LogP contribution < -0.4 is 10.3 Å². The summed E-state index contributed by atoms with van der Waals surface area (Å²) in [5.74, 6) is 0.680. The lowest BCUT2D eigenvalue weighted by Gasteiger charge is -2.15. The van der Waals surface area contributed by atoms with Crippen LogP contribution in [0.5, 0.6) is 5.75 Å². The van der Waals surface area contributed by atoms with Crippen molar-refractivity contribution in [3.8, 4) is 11.4 Å². The summed E-state index contributed by atoms with van der Waals surface area (Å²) in [6, 6.07) is 14.9. The van der Waals surface area contributed by atoms with Crippen LogP contribution in [0.2, 0.25) is 0 Å². The Bertz CT molecular complexity index is 874. The van der Waals surface area contributed by atoms with E-state index in [2.05, 4.69) is 4.98 Å². The minimum atomic E-state index is -0.0814. The third-order valence-electron chi connectivity index (χ3n) is 3.33. The summed E-state index contributed by atoms with van der Waals surface area (Å²) in [6.45, 7) is 2.47. The van der Waals surface area contributed by atoms with Gasteiger partial charge in [-0.3, -0.25) is 9.36 Å². The van der Waals surface area contributed by atoms with E-state index in [9.17, 15) is 4.79 Å². The third-order valence-corrected chi connectivity index (χ3v) is 3.97. The molecule has 1 aromatic heterocycles. The zero-order chi connectivity index (χ0) is 15.5. The largest absolute Gasteiger partial charge is 0.492 e. The number of nitrogens with zero attached hydrogens (tertiary/aromatic N) is 2. The van der Waals surface area contributed by atoms with Crippen LogP contribution >= 0.6 is 11.8 Å². The summed E-state index contributed by atoms with van der Waals surface area (Å²) in [7, 11) is 0. The second-order valence-electron chi connectivity index (χ2n) is 4.66. The van der Waals surface area contributed by atoms with Gasteiger partial charge in [-0.15, -0.1) is 0 Å². The van der Waals surface area contributed by atoms with Gasteiger partial charge in [-0.2, -0.15) is 0 Å². The number of benzene rings is 2. The molecule has 0 amide bonds. The Hall–Kier alpha value is -2.27. The molecule has 0 radical (unpaired) electrons. The first-order valence-corrected chi connectivity index (χ1v) is 8.26. The molecule has 4 nitrogen and oxygen atoms in total. The third kappa shape index (κ3) is 2.48. The number of aromatic nitrogens is 2. The molecule has 0 spiro atoms. The van der Waals surface area contributed by atoms with Crippen LogP contribution in [-0.2, 0) is 0 Å². The van der Waals surface area contributed by atoms with Gasteiger partial charge in [0.15, 0.2) is 5.16 Å². The summed E-state index contributed by atoms with van der Waals surface area (Å²) in [4.78, 5) is 17.5. The zero-order valence-corrected chi connectivity index (χ0v) is 13.3. The second-order valence-corrected chi connectivity index (χ2v) is 5.43. The monoisotopic (exact) mass is 312 g/mol. The van der Waals surface area contributed by atoms with E-state index in [1.807, 2.05) is 55.6 Å². The van der Waals surface area contributed by atoms with Gasteiger partial charge >= 0.3 is 0 Å². The van der Waals surface area contributed by atoms with Crippen molar-refractivity contribution >= 4 is 22.7 Å². The van der Waals surface area contributed by atoms with Crippen molar-refractivity contribution in [1.29, 1.82) is 0 Å². The Labute approximate surface area is 132 Å². The Kier molecular flexibility index (Phi) is 4.15. The highest BCUT2D eigenvalue weighted by Gasteiger charge is 2.15. The molecule has 0 saturated carbocycles. The first-order chi connectivity index (χ1) is 10.8. The zero-order valence-electron chi connectivity index (χ0n) is 12.4. The van der Waals surface area contributed by atoms with E-state index >= 15 is 0 Å². The van der Waals surface area contributed by atoms with Crippen molar-refractivity contribution in [2.45, 2.75) is 12.1 Å². The van der Waals surface area contributed by atoms with Gasteiger partial charge in [0.25, 0.3) is 5.56 Å². The topological polar surface area (TPSA) is 44.1 Å². The minimum Gasteiger partial charge on any atom is -0.492 e. The van der Waals surface area contributed by atoms with E-state index in [0.717, 1.165) is 5.69 Å². The molecule has 3 rings (SSSR count). The average molecular weight is 312 g/mol. The fourth-order valence-electron chi connectivity index (χ4n) is 2.38. The molecular formula is C17H16N2O2S. The molecule has 22 heavy (non-hydrogen) atoms. The van der Waals surface area contributed by atoms with Crippen LogP contribution in [0.1, 0.15) is 6.92 Å². The summed E-state index contributed by atoms with van der Waals surface area (Å²) in [5.41, 5.74) is 1.35. The first kappa shape index (κ1) is 14.7. The van der Waals surface area contributed by atoms with E-state index in [1.165, 1.54) is 11.8 Å². The molecular weight excluding hydrogens is 296 g/mol. The van der Waals surface area contributed by atoms with Crippen LogP contribution in [0.3, 0.4) is 0 Å². The smallest absolute Gasteiger partial charge is 0.266 e. The summed E-state index contributed by atoms with van der Waals surface area (Å²) < 4.78 is 7.28. The number of para-hydroxylation sites is 3. The molecule has 0 aliphatic carbocycles. The van der Waals surface area contributed by atoms with Crippen molar-refractivity contribution in [2.75, 3.05) is 12.9 Å². The van der Waals surface area contributed by atoms with Gasteiger partial charge in [-0.1, -0.05) is 36.0 Å². The average Bonchev–Trinajstić information content (AvgIpc) is 2.56. The first-order valence-electron chi connectivity index (χ1n) is 7.04. The number of fused-ring (bicyclic) bond motifs is 1. The van der Waals surface area contributed by atoms with Gasteiger partial charge in [0.05, 0.1) is 23.2 Å². The molecule has 112 valence electrons. The number of ether oxygens (including phenoxy) is 1. The highest BCUT2D eigenvalue weighted by Crippen LogP contribution is 2.26. The maximum atomic E-state index is 12.9. The van der Waals surface area contributed by atoms with Gasteiger partial charge in [-0.05, 0) is 37.4 Å².